The Labute approximate surface area is 234 Å². The van der Waals surface area contributed by atoms with E-state index in [-0.39, 0.29) is 21.9 Å². The SMILES string of the molecule is CCOc1cc(-c2ccc(N3CC4(CCN(C(=O)c5c(F)cccc5Cl)CC4)C3)nc2)c2c3cn[nH]c3nn2c1. The summed E-state index contributed by atoms with van der Waals surface area (Å²) >= 11 is 6.12. The van der Waals surface area contributed by atoms with Crippen molar-refractivity contribution in [3.05, 3.63) is 71.4 Å². The molecule has 7 rings (SSSR count). The molecular formula is C29H27ClFN7O2. The first-order valence-corrected chi connectivity index (χ1v) is 13.8. The predicted molar refractivity (Wildman–Crippen MR) is 150 cm³/mol. The quantitative estimate of drug-likeness (QED) is 0.318. The highest BCUT2D eigenvalue weighted by molar-refractivity contribution is 6.33. The molecule has 2 aliphatic heterocycles. The Balaban J connectivity index is 1.06. The molecule has 0 radical (unpaired) electrons. The first kappa shape index (κ1) is 24.8. The number of aromatic amines is 1. The van der Waals surface area contributed by atoms with Gasteiger partial charge in [-0.3, -0.25) is 9.89 Å². The molecular weight excluding hydrogens is 533 g/mol. The third kappa shape index (κ3) is 4.05. The average Bonchev–Trinajstić information content (AvgIpc) is 3.53. The van der Waals surface area contributed by atoms with Gasteiger partial charge in [-0.05, 0) is 50.1 Å². The first-order valence-electron chi connectivity index (χ1n) is 13.4. The number of rotatable bonds is 5. The lowest BCUT2D eigenvalue weighted by atomic mass is 9.72. The lowest BCUT2D eigenvalue weighted by molar-refractivity contribution is 0.0497. The minimum absolute atomic E-state index is 0.0341. The highest BCUT2D eigenvalue weighted by atomic mass is 35.5. The number of hydrogen-bond donors (Lipinski definition) is 1. The summed E-state index contributed by atoms with van der Waals surface area (Å²) in [5.74, 6) is 0.749. The summed E-state index contributed by atoms with van der Waals surface area (Å²) in [6.45, 7) is 5.45. The Morgan fingerprint density at radius 3 is 2.73 bits per heavy atom. The molecule has 0 bridgehead atoms. The van der Waals surface area contributed by atoms with E-state index >= 15 is 0 Å². The molecule has 4 aromatic heterocycles. The van der Waals surface area contributed by atoms with E-state index in [4.69, 9.17) is 21.3 Å². The molecule has 0 atom stereocenters. The second-order valence-corrected chi connectivity index (χ2v) is 11.0. The summed E-state index contributed by atoms with van der Waals surface area (Å²) in [4.78, 5) is 21.7. The fraction of sp³-hybridized carbons (Fsp3) is 0.310. The Morgan fingerprint density at radius 2 is 2.00 bits per heavy atom. The van der Waals surface area contributed by atoms with E-state index in [1.165, 1.54) is 12.1 Å². The van der Waals surface area contributed by atoms with E-state index in [0.717, 1.165) is 65.2 Å². The molecule has 0 saturated carbocycles. The molecule has 11 heteroatoms. The standard InChI is InChI=1S/C29H27ClFN7O2/c1-2-40-19-12-20(26-21-14-33-34-27(21)35-38(26)15-19)18-6-7-24(32-13-18)37-16-29(17-37)8-10-36(11-9-29)28(39)25-22(30)4-3-5-23(25)31/h3-7,12-15H,2,8-11,16-17H2,1H3,(H,34,35). The maximum absolute atomic E-state index is 14.3. The van der Waals surface area contributed by atoms with Crippen molar-refractivity contribution in [2.45, 2.75) is 19.8 Å². The van der Waals surface area contributed by atoms with Gasteiger partial charge < -0.3 is 14.5 Å². The number of hydrogen-bond acceptors (Lipinski definition) is 6. The zero-order chi connectivity index (χ0) is 27.4. The van der Waals surface area contributed by atoms with Gasteiger partial charge in [0, 0.05) is 48.9 Å². The van der Waals surface area contributed by atoms with Crippen LogP contribution in [0.3, 0.4) is 0 Å². The number of likely N-dealkylation sites (tertiary alicyclic amines) is 1. The van der Waals surface area contributed by atoms with Gasteiger partial charge in [0.15, 0.2) is 5.65 Å². The topological polar surface area (TPSA) is 91.6 Å². The van der Waals surface area contributed by atoms with E-state index < -0.39 is 5.82 Å². The van der Waals surface area contributed by atoms with Gasteiger partial charge in [-0.2, -0.15) is 5.10 Å². The number of anilines is 1. The van der Waals surface area contributed by atoms with Crippen molar-refractivity contribution >= 4 is 39.9 Å². The monoisotopic (exact) mass is 559 g/mol. The molecule has 5 aromatic rings. The number of ether oxygens (including phenoxy) is 1. The van der Waals surface area contributed by atoms with Crippen LogP contribution in [0.4, 0.5) is 10.2 Å². The number of halogens is 2. The fourth-order valence-corrected chi connectivity index (χ4v) is 6.27. The molecule has 2 saturated heterocycles. The van der Waals surface area contributed by atoms with E-state index in [1.54, 1.807) is 17.2 Å². The van der Waals surface area contributed by atoms with Crippen molar-refractivity contribution in [2.24, 2.45) is 5.41 Å². The number of nitrogens with zero attached hydrogens (tertiary/aromatic N) is 6. The smallest absolute Gasteiger partial charge is 0.258 e. The Bertz CT molecular complexity index is 1710. The van der Waals surface area contributed by atoms with Crippen LogP contribution in [-0.4, -0.2) is 68.4 Å². The van der Waals surface area contributed by atoms with Crippen LogP contribution in [0, 0.1) is 11.2 Å². The average molecular weight is 560 g/mol. The lowest BCUT2D eigenvalue weighted by Crippen LogP contribution is -2.61. The Kier molecular flexibility index (Phi) is 5.88. The van der Waals surface area contributed by atoms with Gasteiger partial charge in [0.1, 0.15) is 17.4 Å². The van der Waals surface area contributed by atoms with Crippen LogP contribution < -0.4 is 9.64 Å². The fourth-order valence-electron chi connectivity index (χ4n) is 6.02. The third-order valence-electron chi connectivity index (χ3n) is 8.14. The second kappa shape index (κ2) is 9.48. The molecule has 1 amide bonds. The molecule has 2 fully saturated rings. The number of fused-ring (bicyclic) bond motifs is 3. The van der Waals surface area contributed by atoms with Crippen molar-refractivity contribution in [3.8, 4) is 16.9 Å². The number of pyridine rings is 2. The van der Waals surface area contributed by atoms with Crippen LogP contribution in [0.15, 0.2) is 55.0 Å². The van der Waals surface area contributed by atoms with Crippen LogP contribution >= 0.6 is 11.6 Å². The number of nitrogens with one attached hydrogen (secondary N) is 1. The maximum Gasteiger partial charge on any atom is 0.258 e. The lowest BCUT2D eigenvalue weighted by Gasteiger charge is -2.54. The van der Waals surface area contributed by atoms with Crippen molar-refractivity contribution in [1.82, 2.24) is 29.7 Å². The number of benzene rings is 1. The van der Waals surface area contributed by atoms with E-state index in [1.807, 2.05) is 36.0 Å². The third-order valence-corrected chi connectivity index (χ3v) is 8.45. The maximum atomic E-state index is 14.3. The Morgan fingerprint density at radius 1 is 1.18 bits per heavy atom. The van der Waals surface area contributed by atoms with Crippen molar-refractivity contribution in [1.29, 1.82) is 0 Å². The zero-order valence-electron chi connectivity index (χ0n) is 21.9. The molecule has 0 aliphatic carbocycles. The number of amides is 1. The van der Waals surface area contributed by atoms with Gasteiger partial charge in [0.2, 0.25) is 0 Å². The van der Waals surface area contributed by atoms with Gasteiger partial charge in [0.25, 0.3) is 5.91 Å². The summed E-state index contributed by atoms with van der Waals surface area (Å²) in [5, 5.41) is 12.8. The highest BCUT2D eigenvalue weighted by Gasteiger charge is 2.46. The molecule has 6 heterocycles. The summed E-state index contributed by atoms with van der Waals surface area (Å²) in [6.07, 6.45) is 7.28. The summed E-state index contributed by atoms with van der Waals surface area (Å²) in [5.41, 5.74) is 3.71. The molecule has 1 spiro atoms. The molecule has 40 heavy (non-hydrogen) atoms. The van der Waals surface area contributed by atoms with Crippen molar-refractivity contribution in [2.75, 3.05) is 37.7 Å². The van der Waals surface area contributed by atoms with Gasteiger partial charge in [-0.1, -0.05) is 17.7 Å². The van der Waals surface area contributed by atoms with Gasteiger partial charge in [0.05, 0.1) is 40.5 Å². The molecule has 9 nitrogen and oxygen atoms in total. The second-order valence-electron chi connectivity index (χ2n) is 10.6. The van der Waals surface area contributed by atoms with Gasteiger partial charge >= 0.3 is 0 Å². The molecule has 1 N–H and O–H groups in total. The van der Waals surface area contributed by atoms with E-state index in [2.05, 4.69) is 26.3 Å². The van der Waals surface area contributed by atoms with Crippen LogP contribution in [-0.2, 0) is 0 Å². The van der Waals surface area contributed by atoms with Gasteiger partial charge in [-0.25, -0.2) is 13.9 Å². The van der Waals surface area contributed by atoms with Crippen LogP contribution in [0.2, 0.25) is 5.02 Å². The number of piperidine rings is 1. The van der Waals surface area contributed by atoms with Crippen LogP contribution in [0.1, 0.15) is 30.1 Å². The van der Waals surface area contributed by atoms with E-state index in [9.17, 15) is 9.18 Å². The molecule has 2 aliphatic rings. The van der Waals surface area contributed by atoms with Crippen LogP contribution in [0.25, 0.3) is 27.7 Å². The van der Waals surface area contributed by atoms with Crippen molar-refractivity contribution < 1.29 is 13.9 Å². The van der Waals surface area contributed by atoms with E-state index in [0.29, 0.717) is 19.7 Å². The number of aromatic nitrogens is 5. The molecule has 0 unspecified atom stereocenters. The summed E-state index contributed by atoms with van der Waals surface area (Å²) in [6, 6.07) is 10.5. The Hall–Kier alpha value is -4.18. The molecule has 1 aromatic carbocycles. The van der Waals surface area contributed by atoms with Gasteiger partial charge in [-0.15, -0.1) is 5.10 Å². The normalized spacial score (nSPS) is 16.6. The summed E-state index contributed by atoms with van der Waals surface area (Å²) < 4.78 is 21.9. The number of carbonyl (C=O) groups excluding carboxylic acids is 1. The minimum Gasteiger partial charge on any atom is -0.492 e. The first-order chi connectivity index (χ1) is 19.4. The highest BCUT2D eigenvalue weighted by Crippen LogP contribution is 2.43. The number of carbonyl (C=O) groups is 1. The zero-order valence-corrected chi connectivity index (χ0v) is 22.7. The van der Waals surface area contributed by atoms with Crippen molar-refractivity contribution in [3.63, 3.8) is 0 Å². The largest absolute Gasteiger partial charge is 0.492 e. The predicted octanol–water partition coefficient (Wildman–Crippen LogP) is 5.21. The summed E-state index contributed by atoms with van der Waals surface area (Å²) in [7, 11) is 0. The number of H-pyrrole nitrogens is 1. The minimum atomic E-state index is -0.574. The molecule has 204 valence electrons. The van der Waals surface area contributed by atoms with Crippen LogP contribution in [0.5, 0.6) is 5.75 Å².